The fourth-order valence-electron chi connectivity index (χ4n) is 1.72. The summed E-state index contributed by atoms with van der Waals surface area (Å²) in [6.45, 7) is 0. The van der Waals surface area contributed by atoms with Gasteiger partial charge in [0, 0.05) is 16.6 Å². The molecule has 0 atom stereocenters. The quantitative estimate of drug-likeness (QED) is 0.859. The molecule has 0 aliphatic carbocycles. The van der Waals surface area contributed by atoms with Gasteiger partial charge in [-0.2, -0.15) is 5.26 Å². The molecule has 0 bridgehead atoms. The van der Waals surface area contributed by atoms with Gasteiger partial charge in [0.25, 0.3) is 0 Å². The molecule has 0 aromatic heterocycles. The van der Waals surface area contributed by atoms with Crippen LogP contribution < -0.4 is 5.73 Å². The normalized spacial score (nSPS) is 9.88. The maximum atomic E-state index is 9.03. The number of nitrogens with two attached hydrogens (primary N) is 1. The van der Waals surface area contributed by atoms with Crippen LogP contribution in [-0.4, -0.2) is 0 Å². The summed E-state index contributed by atoms with van der Waals surface area (Å²) in [6, 6.07) is 15.6. The average molecular weight is 287 g/mol. The van der Waals surface area contributed by atoms with Gasteiger partial charge in [-0.05, 0) is 35.4 Å². The second-order valence-corrected chi connectivity index (χ2v) is 4.70. The van der Waals surface area contributed by atoms with E-state index >= 15 is 0 Å². The molecule has 84 valence electrons. The molecule has 0 amide bonds. The van der Waals surface area contributed by atoms with Crippen molar-refractivity contribution in [3.63, 3.8) is 0 Å². The molecule has 2 nitrogen and oxygen atoms in total. The lowest BCUT2D eigenvalue weighted by Crippen LogP contribution is -1.97. The third-order valence-corrected chi connectivity index (χ3v) is 3.12. The van der Waals surface area contributed by atoms with Gasteiger partial charge in [-0.15, -0.1) is 0 Å². The van der Waals surface area contributed by atoms with Crippen molar-refractivity contribution in [1.82, 2.24) is 0 Å². The Morgan fingerprint density at radius 1 is 1.12 bits per heavy atom. The highest BCUT2D eigenvalue weighted by Gasteiger charge is 2.05. The number of nitrogen functional groups attached to an aromatic ring is 1. The molecule has 0 saturated carbocycles. The van der Waals surface area contributed by atoms with Crippen LogP contribution in [0, 0.1) is 11.3 Å². The van der Waals surface area contributed by atoms with E-state index in [0.29, 0.717) is 12.0 Å². The lowest BCUT2D eigenvalue weighted by molar-refractivity contribution is 1.18. The highest BCUT2D eigenvalue weighted by Crippen LogP contribution is 2.22. The number of anilines is 1. The van der Waals surface area contributed by atoms with E-state index in [0.717, 1.165) is 21.3 Å². The molecular formula is C14H11BrN2. The lowest BCUT2D eigenvalue weighted by Gasteiger charge is -2.07. The van der Waals surface area contributed by atoms with E-state index in [2.05, 4.69) is 22.0 Å². The van der Waals surface area contributed by atoms with Gasteiger partial charge in [0.05, 0.1) is 11.6 Å². The molecule has 2 aromatic carbocycles. The largest absolute Gasteiger partial charge is 0.398 e. The summed E-state index contributed by atoms with van der Waals surface area (Å²) in [5, 5.41) is 9.03. The molecule has 2 aromatic rings. The predicted octanol–water partition coefficient (Wildman–Crippen LogP) is 3.49. The molecule has 2 rings (SSSR count). The van der Waals surface area contributed by atoms with Crippen molar-refractivity contribution >= 4 is 21.6 Å². The van der Waals surface area contributed by atoms with Crippen LogP contribution in [0.25, 0.3) is 0 Å². The molecule has 3 heteroatoms. The summed E-state index contributed by atoms with van der Waals surface area (Å²) < 4.78 is 0.996. The average Bonchev–Trinajstić information content (AvgIpc) is 2.34. The van der Waals surface area contributed by atoms with Crippen molar-refractivity contribution in [2.24, 2.45) is 0 Å². The Kier molecular flexibility index (Phi) is 3.46. The molecule has 0 aliphatic rings. The van der Waals surface area contributed by atoms with Crippen LogP contribution in [0.15, 0.2) is 46.9 Å². The van der Waals surface area contributed by atoms with Crippen LogP contribution in [0.2, 0.25) is 0 Å². The van der Waals surface area contributed by atoms with Crippen molar-refractivity contribution in [1.29, 1.82) is 5.26 Å². The zero-order chi connectivity index (χ0) is 12.3. The van der Waals surface area contributed by atoms with Gasteiger partial charge in [-0.3, -0.25) is 0 Å². The summed E-state index contributed by atoms with van der Waals surface area (Å²) in [4.78, 5) is 0. The number of halogens is 1. The molecule has 0 aliphatic heterocycles. The van der Waals surface area contributed by atoms with Gasteiger partial charge in [-0.1, -0.05) is 34.1 Å². The Hall–Kier alpha value is -1.79. The highest BCUT2D eigenvalue weighted by molar-refractivity contribution is 9.10. The zero-order valence-corrected chi connectivity index (χ0v) is 10.7. The molecule has 0 heterocycles. The Morgan fingerprint density at radius 3 is 2.65 bits per heavy atom. The first-order chi connectivity index (χ1) is 8.20. The fraction of sp³-hybridized carbons (Fsp3) is 0.0714. The van der Waals surface area contributed by atoms with Crippen molar-refractivity contribution in [3.05, 3.63) is 63.6 Å². The standard InChI is InChI=1S/C14H11BrN2/c15-13-5-6-14(17)12(8-13)7-10-3-1-2-4-11(10)9-16/h1-6,8H,7,17H2. The summed E-state index contributed by atoms with van der Waals surface area (Å²) >= 11 is 3.42. The van der Waals surface area contributed by atoms with E-state index in [9.17, 15) is 0 Å². The van der Waals surface area contributed by atoms with Crippen LogP contribution in [0.5, 0.6) is 0 Å². The van der Waals surface area contributed by atoms with E-state index in [-0.39, 0.29) is 0 Å². The Bertz CT molecular complexity index is 585. The monoisotopic (exact) mass is 286 g/mol. The highest BCUT2D eigenvalue weighted by atomic mass is 79.9. The minimum atomic E-state index is 0.676. The first-order valence-corrected chi connectivity index (χ1v) is 6.02. The van der Waals surface area contributed by atoms with E-state index in [4.69, 9.17) is 11.0 Å². The summed E-state index contributed by atoms with van der Waals surface area (Å²) in [5.41, 5.74) is 9.41. The van der Waals surface area contributed by atoms with Crippen LogP contribution in [0.3, 0.4) is 0 Å². The molecule has 0 fully saturated rings. The van der Waals surface area contributed by atoms with Crippen LogP contribution in [0.1, 0.15) is 16.7 Å². The van der Waals surface area contributed by atoms with Gasteiger partial charge in [-0.25, -0.2) is 0 Å². The minimum Gasteiger partial charge on any atom is -0.398 e. The maximum Gasteiger partial charge on any atom is 0.0994 e. The molecule has 0 spiro atoms. The number of rotatable bonds is 2. The zero-order valence-electron chi connectivity index (χ0n) is 9.15. The third-order valence-electron chi connectivity index (χ3n) is 2.62. The Balaban J connectivity index is 2.38. The van der Waals surface area contributed by atoms with E-state index in [1.54, 1.807) is 0 Å². The Morgan fingerprint density at radius 2 is 1.88 bits per heavy atom. The smallest absolute Gasteiger partial charge is 0.0994 e. The van der Waals surface area contributed by atoms with Crippen LogP contribution in [-0.2, 0) is 6.42 Å². The topological polar surface area (TPSA) is 49.8 Å². The molecular weight excluding hydrogens is 276 g/mol. The summed E-state index contributed by atoms with van der Waals surface area (Å²) in [6.07, 6.45) is 0.676. The van der Waals surface area contributed by atoms with Gasteiger partial charge < -0.3 is 5.73 Å². The lowest BCUT2D eigenvalue weighted by atomic mass is 9.99. The maximum absolute atomic E-state index is 9.03. The van der Waals surface area contributed by atoms with Crippen molar-refractivity contribution < 1.29 is 0 Å². The van der Waals surface area contributed by atoms with Crippen LogP contribution in [0.4, 0.5) is 5.69 Å². The van der Waals surface area contributed by atoms with Crippen LogP contribution >= 0.6 is 15.9 Å². The SMILES string of the molecule is N#Cc1ccccc1Cc1cc(Br)ccc1N. The molecule has 17 heavy (non-hydrogen) atoms. The predicted molar refractivity (Wildman–Crippen MR) is 72.5 cm³/mol. The van der Waals surface area contributed by atoms with Gasteiger partial charge in [0.1, 0.15) is 0 Å². The number of hydrogen-bond donors (Lipinski definition) is 1. The van der Waals surface area contributed by atoms with Gasteiger partial charge >= 0.3 is 0 Å². The van der Waals surface area contributed by atoms with E-state index in [1.807, 2.05) is 42.5 Å². The molecule has 0 radical (unpaired) electrons. The van der Waals surface area contributed by atoms with Gasteiger partial charge in [0.2, 0.25) is 0 Å². The number of nitriles is 1. The Labute approximate surface area is 109 Å². The first-order valence-electron chi connectivity index (χ1n) is 5.22. The van der Waals surface area contributed by atoms with Crippen molar-refractivity contribution in [2.45, 2.75) is 6.42 Å². The summed E-state index contributed by atoms with van der Waals surface area (Å²) in [7, 11) is 0. The molecule has 0 saturated heterocycles. The van der Waals surface area contributed by atoms with E-state index < -0.39 is 0 Å². The second-order valence-electron chi connectivity index (χ2n) is 3.79. The van der Waals surface area contributed by atoms with Crippen molar-refractivity contribution in [3.8, 4) is 6.07 Å². The number of nitrogens with zero attached hydrogens (tertiary/aromatic N) is 1. The fourth-order valence-corrected chi connectivity index (χ4v) is 2.12. The summed E-state index contributed by atoms with van der Waals surface area (Å²) in [5.74, 6) is 0. The molecule has 0 unspecified atom stereocenters. The van der Waals surface area contributed by atoms with Gasteiger partial charge in [0.15, 0.2) is 0 Å². The third kappa shape index (κ3) is 2.66. The van der Waals surface area contributed by atoms with Crippen molar-refractivity contribution in [2.75, 3.05) is 5.73 Å². The van der Waals surface area contributed by atoms with E-state index in [1.165, 1.54) is 0 Å². The number of benzene rings is 2. The first kappa shape index (κ1) is 11.7. The second kappa shape index (κ2) is 5.03. The molecule has 2 N–H and O–H groups in total. The number of hydrogen-bond acceptors (Lipinski definition) is 2. The minimum absolute atomic E-state index is 0.676.